The van der Waals surface area contributed by atoms with Gasteiger partial charge in [-0.25, -0.2) is 0 Å². The summed E-state index contributed by atoms with van der Waals surface area (Å²) in [5.41, 5.74) is 0. The van der Waals surface area contributed by atoms with Crippen LogP contribution in [0.4, 0.5) is 0 Å². The molecule has 0 atom stereocenters. The van der Waals surface area contributed by atoms with Crippen LogP contribution in [0.15, 0.2) is 12.0 Å². The van der Waals surface area contributed by atoms with Gasteiger partial charge in [0, 0.05) is 0 Å². The van der Waals surface area contributed by atoms with E-state index in [2.05, 4.69) is 11.9 Å². The number of hydrogen-bond acceptors (Lipinski definition) is 3. The van der Waals surface area contributed by atoms with Crippen LogP contribution in [0.25, 0.3) is 0 Å². The van der Waals surface area contributed by atoms with Gasteiger partial charge < -0.3 is 5.32 Å². The lowest BCUT2D eigenvalue weighted by molar-refractivity contribution is 0.494. The Morgan fingerprint density at radius 3 is 1.67 bits per heavy atom. The highest BCUT2D eigenvalue weighted by Crippen LogP contribution is 1.75. The second-order valence-electron chi connectivity index (χ2n) is 1.18. The van der Waals surface area contributed by atoms with Gasteiger partial charge in [-0.1, -0.05) is 6.58 Å². The lowest BCUT2D eigenvalue weighted by Crippen LogP contribution is -1.89. The third-order valence-corrected chi connectivity index (χ3v) is 0.632. The predicted octanol–water partition coefficient (Wildman–Crippen LogP) is -0.147. The van der Waals surface area contributed by atoms with Crippen LogP contribution >= 0.6 is 0 Å². The van der Waals surface area contributed by atoms with Crippen molar-refractivity contribution in [3.63, 3.8) is 0 Å². The van der Waals surface area contributed by atoms with Crippen LogP contribution in [0, 0.1) is 0 Å². The van der Waals surface area contributed by atoms with E-state index in [1.54, 1.807) is 0 Å². The second-order valence-corrected chi connectivity index (χ2v) is 2.54. The molecule has 0 saturated carbocycles. The molecule has 5 heteroatoms. The van der Waals surface area contributed by atoms with E-state index in [0.717, 1.165) is 0 Å². The van der Waals surface area contributed by atoms with Crippen molar-refractivity contribution in [1.82, 2.24) is 5.32 Å². The molecule has 0 aromatic carbocycles. The minimum Gasteiger partial charge on any atom is -0.323 e. The van der Waals surface area contributed by atoms with Gasteiger partial charge in [-0.05, 0) is 14.1 Å². The van der Waals surface area contributed by atoms with Crippen molar-refractivity contribution >= 4 is 10.1 Å². The Morgan fingerprint density at radius 2 is 1.67 bits per heavy atom. The van der Waals surface area contributed by atoms with E-state index in [1.165, 1.54) is 0 Å². The highest BCUT2D eigenvalue weighted by molar-refractivity contribution is 7.88. The molecular formula is C4H11NO3S. The molecule has 0 aliphatic rings. The molecule has 2 N–H and O–H groups in total. The average Bonchev–Trinajstić information content (AvgIpc) is 1.67. The largest absolute Gasteiger partial charge is 0.323 e. The van der Waals surface area contributed by atoms with E-state index in [4.69, 9.17) is 4.55 Å². The summed E-state index contributed by atoms with van der Waals surface area (Å²) in [7, 11) is -0.148. The van der Waals surface area contributed by atoms with E-state index < -0.39 is 10.1 Å². The standard InChI is InChI=1S/C2H7N.C2H4O3S/c1-3-2;1-2-6(3,4)5/h3H,1-2H3;2H,1H2,(H,3,4,5). The zero-order valence-electron chi connectivity index (χ0n) is 5.46. The summed E-state index contributed by atoms with van der Waals surface area (Å²) in [4.78, 5) is 0. The smallest absolute Gasteiger partial charge is 0.287 e. The summed E-state index contributed by atoms with van der Waals surface area (Å²) in [5, 5.41) is 3.22. The monoisotopic (exact) mass is 153 g/mol. The van der Waals surface area contributed by atoms with Crippen LogP contribution in [0.1, 0.15) is 0 Å². The lowest BCUT2D eigenvalue weighted by Gasteiger charge is -1.73. The minimum absolute atomic E-state index is 0.465. The molecule has 0 unspecified atom stereocenters. The van der Waals surface area contributed by atoms with E-state index in [1.807, 2.05) is 14.1 Å². The number of hydrogen-bond donors (Lipinski definition) is 2. The average molecular weight is 153 g/mol. The Kier molecular flexibility index (Phi) is 7.28. The van der Waals surface area contributed by atoms with Crippen LogP contribution in [0.2, 0.25) is 0 Å². The van der Waals surface area contributed by atoms with E-state index in [0.29, 0.717) is 5.41 Å². The predicted molar refractivity (Wildman–Crippen MR) is 36.7 cm³/mol. The Balaban J connectivity index is 0. The molecule has 0 aromatic rings. The Morgan fingerprint density at radius 1 is 1.56 bits per heavy atom. The van der Waals surface area contributed by atoms with Crippen molar-refractivity contribution in [2.24, 2.45) is 0 Å². The van der Waals surface area contributed by atoms with Crippen LogP contribution in [-0.2, 0) is 10.1 Å². The maximum Gasteiger partial charge on any atom is 0.287 e. The first kappa shape index (κ1) is 11.4. The summed E-state index contributed by atoms with van der Waals surface area (Å²) >= 11 is 0. The van der Waals surface area contributed by atoms with Gasteiger partial charge >= 0.3 is 0 Å². The first-order chi connectivity index (χ1) is 3.97. The van der Waals surface area contributed by atoms with E-state index in [9.17, 15) is 8.42 Å². The Bertz CT molecular complexity index is 138. The van der Waals surface area contributed by atoms with Gasteiger partial charge in [-0.3, -0.25) is 4.55 Å². The van der Waals surface area contributed by atoms with Gasteiger partial charge in [0.25, 0.3) is 10.1 Å². The molecule has 0 spiro atoms. The zero-order valence-corrected chi connectivity index (χ0v) is 6.27. The van der Waals surface area contributed by atoms with Gasteiger partial charge in [0.15, 0.2) is 0 Å². The maximum absolute atomic E-state index is 9.44. The van der Waals surface area contributed by atoms with E-state index in [-0.39, 0.29) is 0 Å². The fourth-order valence-electron chi connectivity index (χ4n) is 0. The molecule has 9 heavy (non-hydrogen) atoms. The quantitative estimate of drug-likeness (QED) is 0.514. The summed E-state index contributed by atoms with van der Waals surface area (Å²) < 4.78 is 26.6. The van der Waals surface area contributed by atoms with Crippen molar-refractivity contribution in [3.8, 4) is 0 Å². The Hall–Kier alpha value is -0.390. The first-order valence-corrected chi connectivity index (χ1v) is 3.66. The molecule has 0 heterocycles. The molecule has 0 aliphatic carbocycles. The van der Waals surface area contributed by atoms with Gasteiger partial charge in [-0.2, -0.15) is 8.42 Å². The van der Waals surface area contributed by atoms with Gasteiger partial charge in [-0.15, -0.1) is 0 Å². The topological polar surface area (TPSA) is 66.4 Å². The Labute approximate surface area is 55.3 Å². The second kappa shape index (κ2) is 5.74. The van der Waals surface area contributed by atoms with Crippen molar-refractivity contribution < 1.29 is 13.0 Å². The molecule has 0 amide bonds. The van der Waals surface area contributed by atoms with Crippen molar-refractivity contribution in [3.05, 3.63) is 12.0 Å². The van der Waals surface area contributed by atoms with Crippen LogP contribution in [-0.4, -0.2) is 27.1 Å². The summed E-state index contributed by atoms with van der Waals surface area (Å²) in [6.07, 6.45) is 0. The van der Waals surface area contributed by atoms with E-state index >= 15 is 0 Å². The lowest BCUT2D eigenvalue weighted by atomic mass is 11.3. The summed E-state index contributed by atoms with van der Waals surface area (Å²) in [5.74, 6) is 0. The molecular weight excluding hydrogens is 142 g/mol. The molecule has 0 bridgehead atoms. The fraction of sp³-hybridized carbons (Fsp3) is 0.500. The SMILES string of the molecule is C=CS(=O)(=O)O.CNC. The molecule has 0 saturated heterocycles. The highest BCUT2D eigenvalue weighted by Gasteiger charge is 1.87. The number of rotatable bonds is 1. The van der Waals surface area contributed by atoms with Crippen LogP contribution in [0.3, 0.4) is 0 Å². The van der Waals surface area contributed by atoms with Crippen molar-refractivity contribution in [2.75, 3.05) is 14.1 Å². The minimum atomic E-state index is -3.90. The highest BCUT2D eigenvalue weighted by atomic mass is 32.2. The molecule has 4 nitrogen and oxygen atoms in total. The fourth-order valence-corrected chi connectivity index (χ4v) is 0. The molecule has 56 valence electrons. The molecule has 0 rings (SSSR count). The molecule has 0 radical (unpaired) electrons. The third kappa shape index (κ3) is 35.2. The van der Waals surface area contributed by atoms with Crippen LogP contribution < -0.4 is 5.32 Å². The molecule has 0 aliphatic heterocycles. The van der Waals surface area contributed by atoms with Gasteiger partial charge in [0.2, 0.25) is 0 Å². The summed E-state index contributed by atoms with van der Waals surface area (Å²) in [6, 6.07) is 0. The summed E-state index contributed by atoms with van der Waals surface area (Å²) in [6.45, 7) is 2.79. The van der Waals surface area contributed by atoms with Gasteiger partial charge in [0.1, 0.15) is 0 Å². The van der Waals surface area contributed by atoms with Crippen molar-refractivity contribution in [2.45, 2.75) is 0 Å². The molecule has 0 aromatic heterocycles. The third-order valence-electron chi connectivity index (χ3n) is 0.211. The maximum atomic E-state index is 9.44. The normalized spacial score (nSPS) is 9.22. The van der Waals surface area contributed by atoms with Crippen LogP contribution in [0.5, 0.6) is 0 Å². The van der Waals surface area contributed by atoms with Crippen molar-refractivity contribution in [1.29, 1.82) is 0 Å². The zero-order chi connectivity index (χ0) is 7.91. The number of nitrogens with one attached hydrogen (secondary N) is 1. The molecule has 0 fully saturated rings. The van der Waals surface area contributed by atoms with Gasteiger partial charge in [0.05, 0.1) is 5.41 Å². The first-order valence-electron chi connectivity index (χ1n) is 2.16.